The van der Waals surface area contributed by atoms with E-state index in [1.807, 2.05) is 25.3 Å². The lowest BCUT2D eigenvalue weighted by atomic mass is 10.1. The number of carbonyl (C=O) groups is 1. The van der Waals surface area contributed by atoms with Gasteiger partial charge < -0.3 is 4.42 Å². The predicted octanol–water partition coefficient (Wildman–Crippen LogP) is 3.51. The van der Waals surface area contributed by atoms with Crippen LogP contribution in [-0.4, -0.2) is 22.4 Å². The van der Waals surface area contributed by atoms with Gasteiger partial charge in [0.15, 0.2) is 0 Å². The number of amides is 1. The fraction of sp³-hybridized carbons (Fsp3) is 0.400. The highest BCUT2D eigenvalue weighted by atomic mass is 32.2. The zero-order chi connectivity index (χ0) is 15.1. The van der Waals surface area contributed by atoms with E-state index in [4.69, 9.17) is 4.42 Å². The van der Waals surface area contributed by atoms with Gasteiger partial charge in [0.05, 0.1) is 6.42 Å². The molecule has 0 spiro atoms. The van der Waals surface area contributed by atoms with E-state index in [-0.39, 0.29) is 11.9 Å². The van der Waals surface area contributed by atoms with E-state index in [1.165, 1.54) is 4.90 Å². The topological polar surface area (TPSA) is 68.0 Å². The Morgan fingerprint density at radius 3 is 2.71 bits per heavy atom. The third-order valence-corrected chi connectivity index (χ3v) is 3.73. The van der Waals surface area contributed by atoms with E-state index in [2.05, 4.69) is 27.6 Å². The fourth-order valence-corrected chi connectivity index (χ4v) is 2.22. The van der Waals surface area contributed by atoms with Crippen molar-refractivity contribution in [1.29, 1.82) is 0 Å². The molecule has 1 aromatic heterocycles. The molecule has 1 amide bonds. The van der Waals surface area contributed by atoms with E-state index in [9.17, 15) is 4.79 Å². The lowest BCUT2D eigenvalue weighted by Gasteiger charge is -2.00. The smallest absolute Gasteiger partial charge is 0.322 e. The van der Waals surface area contributed by atoms with Gasteiger partial charge in [-0.3, -0.25) is 10.1 Å². The highest BCUT2D eigenvalue weighted by molar-refractivity contribution is 7.98. The summed E-state index contributed by atoms with van der Waals surface area (Å²) in [7, 11) is 0. The third kappa shape index (κ3) is 4.90. The molecule has 0 bridgehead atoms. The summed E-state index contributed by atoms with van der Waals surface area (Å²) in [6.07, 6.45) is 4.92. The highest BCUT2D eigenvalue weighted by Gasteiger charge is 2.10. The number of aromatic nitrogens is 2. The first-order valence-electron chi connectivity index (χ1n) is 6.96. The van der Waals surface area contributed by atoms with E-state index < -0.39 is 0 Å². The maximum atomic E-state index is 11.6. The number of nitrogens with zero attached hydrogens (tertiary/aromatic N) is 2. The molecule has 21 heavy (non-hydrogen) atoms. The Kier molecular flexibility index (Phi) is 5.80. The normalized spacial score (nSPS) is 10.6. The molecule has 0 aliphatic heterocycles. The van der Waals surface area contributed by atoms with Crippen LogP contribution in [0.25, 0.3) is 0 Å². The zero-order valence-electron chi connectivity index (χ0n) is 12.3. The minimum Gasteiger partial charge on any atom is -0.407 e. The predicted molar refractivity (Wildman–Crippen MR) is 83.5 cm³/mol. The molecule has 0 fully saturated rings. The molecule has 0 saturated heterocycles. The van der Waals surface area contributed by atoms with Gasteiger partial charge in [0, 0.05) is 11.3 Å². The zero-order valence-corrected chi connectivity index (χ0v) is 13.1. The van der Waals surface area contributed by atoms with Gasteiger partial charge >= 0.3 is 6.01 Å². The van der Waals surface area contributed by atoms with Gasteiger partial charge in [-0.2, -0.15) is 0 Å². The number of anilines is 1. The first-order valence-corrected chi connectivity index (χ1v) is 8.19. The monoisotopic (exact) mass is 305 g/mol. The van der Waals surface area contributed by atoms with Crippen LogP contribution in [-0.2, 0) is 11.2 Å². The Morgan fingerprint density at radius 1 is 1.29 bits per heavy atom. The van der Waals surface area contributed by atoms with E-state index >= 15 is 0 Å². The molecule has 5 nitrogen and oxygen atoms in total. The molecule has 0 aliphatic carbocycles. The third-order valence-electron chi connectivity index (χ3n) is 2.98. The van der Waals surface area contributed by atoms with Crippen LogP contribution in [0, 0.1) is 0 Å². The van der Waals surface area contributed by atoms with Gasteiger partial charge in [-0.25, -0.2) is 0 Å². The van der Waals surface area contributed by atoms with Crippen LogP contribution >= 0.6 is 11.8 Å². The van der Waals surface area contributed by atoms with Crippen LogP contribution in [0.4, 0.5) is 6.01 Å². The molecule has 2 aromatic rings. The summed E-state index contributed by atoms with van der Waals surface area (Å²) >= 11 is 1.70. The summed E-state index contributed by atoms with van der Waals surface area (Å²) < 4.78 is 5.44. The summed E-state index contributed by atoms with van der Waals surface area (Å²) in [6.45, 7) is 2.04. The van der Waals surface area contributed by atoms with E-state index in [0.717, 1.165) is 18.4 Å². The number of benzene rings is 1. The van der Waals surface area contributed by atoms with Gasteiger partial charge in [0.1, 0.15) is 0 Å². The Labute approximate surface area is 128 Å². The average molecular weight is 305 g/mol. The molecule has 1 heterocycles. The average Bonchev–Trinajstić information content (AvgIpc) is 2.93. The van der Waals surface area contributed by atoms with Crippen molar-refractivity contribution in [3.63, 3.8) is 0 Å². The van der Waals surface area contributed by atoms with Gasteiger partial charge in [-0.15, -0.1) is 16.9 Å². The largest absolute Gasteiger partial charge is 0.407 e. The van der Waals surface area contributed by atoms with Crippen LogP contribution < -0.4 is 5.32 Å². The van der Waals surface area contributed by atoms with Crippen LogP contribution in [0.5, 0.6) is 0 Å². The number of nitrogens with one attached hydrogen (secondary N) is 1. The van der Waals surface area contributed by atoms with E-state index in [1.54, 1.807) is 11.8 Å². The van der Waals surface area contributed by atoms with Gasteiger partial charge in [0.2, 0.25) is 11.8 Å². The van der Waals surface area contributed by atoms with Crippen LogP contribution in [0.2, 0.25) is 0 Å². The van der Waals surface area contributed by atoms with Crippen LogP contribution in [0.1, 0.15) is 37.6 Å². The molecule has 6 heteroatoms. The highest BCUT2D eigenvalue weighted by Crippen LogP contribution is 2.17. The summed E-state index contributed by atoms with van der Waals surface area (Å²) in [6, 6.07) is 8.37. The lowest BCUT2D eigenvalue weighted by molar-refractivity contribution is -0.116. The molecular formula is C15H19N3O2S. The number of carbonyl (C=O) groups excluding carboxylic acids is 1. The van der Waals surface area contributed by atoms with Crippen molar-refractivity contribution in [2.24, 2.45) is 0 Å². The number of unbranched alkanes of at least 4 members (excludes halogenated alkanes) is 1. The van der Waals surface area contributed by atoms with Crippen molar-refractivity contribution in [3.8, 4) is 0 Å². The van der Waals surface area contributed by atoms with Crippen LogP contribution in [0.3, 0.4) is 0 Å². The Balaban J connectivity index is 1.91. The van der Waals surface area contributed by atoms with Crippen molar-refractivity contribution in [2.45, 2.75) is 37.5 Å². The second-order valence-electron chi connectivity index (χ2n) is 4.68. The minimum atomic E-state index is -0.0867. The summed E-state index contributed by atoms with van der Waals surface area (Å²) in [5, 5.41) is 10.4. The maximum Gasteiger partial charge on any atom is 0.322 e. The number of thioether (sulfide) groups is 1. The van der Waals surface area contributed by atoms with Gasteiger partial charge in [-0.05, 0) is 30.4 Å². The molecule has 0 unspecified atom stereocenters. The van der Waals surface area contributed by atoms with E-state index in [0.29, 0.717) is 18.7 Å². The fourth-order valence-electron chi connectivity index (χ4n) is 1.81. The summed E-state index contributed by atoms with van der Waals surface area (Å²) in [5.74, 6) is 0.411. The van der Waals surface area contributed by atoms with Crippen LogP contribution in [0.15, 0.2) is 33.6 Å². The Morgan fingerprint density at radius 2 is 2.05 bits per heavy atom. The van der Waals surface area contributed by atoms with Gasteiger partial charge in [-0.1, -0.05) is 30.6 Å². The SMILES string of the molecule is CCCCC(=O)Nc1nnc(Cc2ccc(SC)cc2)o1. The molecule has 0 radical (unpaired) electrons. The molecule has 0 aliphatic rings. The van der Waals surface area contributed by atoms with Crippen molar-refractivity contribution >= 4 is 23.7 Å². The molecule has 0 saturated carbocycles. The van der Waals surface area contributed by atoms with Gasteiger partial charge in [0.25, 0.3) is 0 Å². The van der Waals surface area contributed by atoms with Crippen molar-refractivity contribution < 1.29 is 9.21 Å². The quantitative estimate of drug-likeness (QED) is 0.793. The Hall–Kier alpha value is -1.82. The standard InChI is InChI=1S/C15H19N3O2S/c1-3-4-5-13(19)16-15-18-17-14(20-15)10-11-6-8-12(21-2)9-7-11/h6-9H,3-5,10H2,1-2H3,(H,16,18,19). The summed E-state index contributed by atoms with van der Waals surface area (Å²) in [4.78, 5) is 12.8. The minimum absolute atomic E-state index is 0.0867. The molecule has 2 rings (SSSR count). The first kappa shape index (κ1) is 15.6. The summed E-state index contributed by atoms with van der Waals surface area (Å²) in [5.41, 5.74) is 1.10. The Bertz CT molecular complexity index is 581. The van der Waals surface area contributed by atoms with Crippen molar-refractivity contribution in [1.82, 2.24) is 10.2 Å². The molecular weight excluding hydrogens is 286 g/mol. The second kappa shape index (κ2) is 7.83. The number of hydrogen-bond donors (Lipinski definition) is 1. The molecule has 112 valence electrons. The number of rotatable bonds is 7. The maximum absolute atomic E-state index is 11.6. The number of hydrogen-bond acceptors (Lipinski definition) is 5. The first-order chi connectivity index (χ1) is 10.2. The molecule has 1 aromatic carbocycles. The molecule has 0 atom stereocenters. The van der Waals surface area contributed by atoms with Crippen molar-refractivity contribution in [3.05, 3.63) is 35.7 Å². The lowest BCUT2D eigenvalue weighted by Crippen LogP contribution is -2.11. The molecule has 1 N–H and O–H groups in total. The second-order valence-corrected chi connectivity index (χ2v) is 5.56. The van der Waals surface area contributed by atoms with Crippen molar-refractivity contribution in [2.75, 3.05) is 11.6 Å².